The van der Waals surface area contributed by atoms with Crippen molar-refractivity contribution in [3.63, 3.8) is 0 Å². The highest BCUT2D eigenvalue weighted by atomic mass is 16.9. The number of aliphatic hydroxyl groups is 2. The van der Waals surface area contributed by atoms with E-state index in [4.69, 9.17) is 23.7 Å². The molecule has 7 rings (SSSR count). The van der Waals surface area contributed by atoms with Gasteiger partial charge in [0.2, 0.25) is 5.60 Å². The fraction of sp³-hybridized carbons (Fsp3) is 0.900. The van der Waals surface area contributed by atoms with Crippen LogP contribution in [0.15, 0.2) is 0 Å². The number of fused-ring (bicyclic) bond motifs is 2. The number of carbonyl (C=O) groups excluding carboxylic acids is 2. The molecule has 0 amide bonds. The molecule has 7 aliphatic rings. The molecule has 2 saturated carbocycles. The van der Waals surface area contributed by atoms with Crippen molar-refractivity contribution < 1.29 is 43.5 Å². The summed E-state index contributed by atoms with van der Waals surface area (Å²) in [5.41, 5.74) is -6.44. The van der Waals surface area contributed by atoms with Gasteiger partial charge in [-0.05, 0) is 24.7 Å². The minimum absolute atomic E-state index is 0.0689. The van der Waals surface area contributed by atoms with E-state index in [1.807, 2.05) is 0 Å². The fourth-order valence-electron chi connectivity index (χ4n) is 8.46. The van der Waals surface area contributed by atoms with Crippen LogP contribution in [0, 0.1) is 28.1 Å². The number of ether oxygens (including phenoxy) is 5. The molecule has 5 heterocycles. The van der Waals surface area contributed by atoms with Crippen LogP contribution < -0.4 is 0 Å². The summed E-state index contributed by atoms with van der Waals surface area (Å²) in [7, 11) is 0. The van der Waals surface area contributed by atoms with Gasteiger partial charge in [-0.2, -0.15) is 0 Å². The highest BCUT2D eigenvalue weighted by Gasteiger charge is 3.04. The van der Waals surface area contributed by atoms with Gasteiger partial charge in [0.1, 0.15) is 18.3 Å². The Kier molecular flexibility index (Phi) is 2.54. The van der Waals surface area contributed by atoms with E-state index >= 15 is 0 Å². The van der Waals surface area contributed by atoms with E-state index in [2.05, 4.69) is 20.8 Å². The van der Waals surface area contributed by atoms with Gasteiger partial charge in [0.25, 0.3) is 0 Å². The van der Waals surface area contributed by atoms with Crippen LogP contribution in [0.1, 0.15) is 34.1 Å². The lowest BCUT2D eigenvalue weighted by Gasteiger charge is -2.47. The monoisotopic (exact) mass is 408 g/mol. The topological polar surface area (TPSA) is 124 Å². The summed E-state index contributed by atoms with van der Waals surface area (Å²) in [5.74, 6) is -2.55. The molecule has 0 unspecified atom stereocenters. The second kappa shape index (κ2) is 4.23. The lowest BCUT2D eigenvalue weighted by Crippen LogP contribution is -2.66. The van der Waals surface area contributed by atoms with Crippen LogP contribution in [0.25, 0.3) is 0 Å². The van der Waals surface area contributed by atoms with Crippen LogP contribution in [0.2, 0.25) is 0 Å². The third-order valence-electron chi connectivity index (χ3n) is 9.28. The molecule has 9 heteroatoms. The Morgan fingerprint density at radius 1 is 1.10 bits per heavy atom. The normalized spacial score (nSPS) is 65.6. The quantitative estimate of drug-likeness (QED) is 0.402. The highest BCUT2D eigenvalue weighted by Crippen LogP contribution is 2.86. The number of epoxide rings is 1. The Hall–Kier alpha value is -1.26. The minimum Gasteiger partial charge on any atom is -0.459 e. The summed E-state index contributed by atoms with van der Waals surface area (Å²) in [6, 6.07) is 0. The molecule has 9 nitrogen and oxygen atoms in total. The molecule has 2 N–H and O–H groups in total. The largest absolute Gasteiger partial charge is 0.459 e. The molecule has 0 radical (unpaired) electrons. The zero-order chi connectivity index (χ0) is 20.5. The van der Waals surface area contributed by atoms with Crippen LogP contribution in [-0.4, -0.2) is 70.3 Å². The van der Waals surface area contributed by atoms with Gasteiger partial charge in [0.05, 0.1) is 16.7 Å². The van der Waals surface area contributed by atoms with Crippen molar-refractivity contribution in [2.24, 2.45) is 28.1 Å². The summed E-state index contributed by atoms with van der Waals surface area (Å²) >= 11 is 0. The highest BCUT2D eigenvalue weighted by molar-refractivity contribution is 5.92. The van der Waals surface area contributed by atoms with Crippen molar-refractivity contribution in [1.29, 1.82) is 0 Å². The molecule has 0 aromatic rings. The van der Waals surface area contributed by atoms with Crippen molar-refractivity contribution in [3.8, 4) is 0 Å². The van der Waals surface area contributed by atoms with E-state index in [-0.39, 0.29) is 17.4 Å². The van der Waals surface area contributed by atoms with Gasteiger partial charge in [0, 0.05) is 0 Å². The van der Waals surface area contributed by atoms with Crippen LogP contribution in [0.4, 0.5) is 0 Å². The Morgan fingerprint density at radius 3 is 2.52 bits per heavy atom. The molecule has 0 aromatic carbocycles. The lowest BCUT2D eigenvalue weighted by molar-refractivity contribution is -0.260. The van der Waals surface area contributed by atoms with E-state index < -0.39 is 70.8 Å². The van der Waals surface area contributed by atoms with Gasteiger partial charge in [0.15, 0.2) is 24.3 Å². The SMILES string of the molecule is C[C@@H]1C(=O)O[C@H]2[C@@H](O)[C@@]34[C@H]5C[C@@H](C(C)(C)C)[C@]36[C@@H](O[C@H]3O[C@H]36)O[C@@]4(C(=O)O5)[C@@]12O. The zero-order valence-corrected chi connectivity index (χ0v) is 16.6. The van der Waals surface area contributed by atoms with Crippen molar-refractivity contribution in [1.82, 2.24) is 0 Å². The van der Waals surface area contributed by atoms with Crippen LogP contribution in [-0.2, 0) is 33.3 Å². The standard InChI is InChI=1S/C20H24O9/c1-6-12(22)26-10-9(21)18-8-5-7(16(2,3)4)17(18)11-13(27-11)28-15(17)29-20(18,14(23)25-8)19(6,10)24/h6-11,13,15,21,24H,5H2,1-4H3/t6-,7+,8-,9-,10+,11-,13-,15+,17+,18+,19-,20-/m1/s1. The average Bonchev–Trinajstić information content (AvgIpc) is 2.83. The smallest absolute Gasteiger partial charge is 0.342 e. The van der Waals surface area contributed by atoms with Crippen molar-refractivity contribution >= 4 is 11.9 Å². The first-order valence-electron chi connectivity index (χ1n) is 10.3. The molecule has 2 spiro atoms. The third-order valence-corrected chi connectivity index (χ3v) is 9.28. The van der Waals surface area contributed by atoms with E-state index in [0.29, 0.717) is 6.42 Å². The van der Waals surface area contributed by atoms with E-state index in [1.54, 1.807) is 0 Å². The van der Waals surface area contributed by atoms with E-state index in [9.17, 15) is 19.8 Å². The van der Waals surface area contributed by atoms with E-state index in [1.165, 1.54) is 6.92 Å². The zero-order valence-electron chi connectivity index (χ0n) is 16.6. The minimum atomic E-state index is -2.05. The number of hydrogen-bond donors (Lipinski definition) is 2. The van der Waals surface area contributed by atoms with Gasteiger partial charge >= 0.3 is 11.9 Å². The second-order valence-corrected chi connectivity index (χ2v) is 10.9. The molecule has 7 fully saturated rings. The third kappa shape index (κ3) is 1.24. The average molecular weight is 408 g/mol. The first-order chi connectivity index (χ1) is 13.5. The molecule has 158 valence electrons. The summed E-state index contributed by atoms with van der Waals surface area (Å²) in [6.45, 7) is 7.79. The number of aliphatic hydroxyl groups excluding tert-OH is 1. The molecule has 5 aliphatic heterocycles. The Morgan fingerprint density at radius 2 is 1.83 bits per heavy atom. The molecule has 29 heavy (non-hydrogen) atoms. The number of carbonyl (C=O) groups is 2. The van der Waals surface area contributed by atoms with Crippen LogP contribution in [0.5, 0.6) is 0 Å². The summed E-state index contributed by atoms with van der Waals surface area (Å²) in [6.07, 6.45) is -4.48. The van der Waals surface area contributed by atoms with Gasteiger partial charge in [-0.1, -0.05) is 20.8 Å². The van der Waals surface area contributed by atoms with Crippen LogP contribution in [0.3, 0.4) is 0 Å². The number of esters is 2. The molecule has 12 atom stereocenters. The summed E-state index contributed by atoms with van der Waals surface area (Å²) in [4.78, 5) is 25.8. The van der Waals surface area contributed by atoms with Gasteiger partial charge < -0.3 is 33.9 Å². The predicted molar refractivity (Wildman–Crippen MR) is 89.7 cm³/mol. The Balaban J connectivity index is 1.58. The van der Waals surface area contributed by atoms with Crippen LogP contribution >= 0.6 is 0 Å². The van der Waals surface area contributed by atoms with Crippen molar-refractivity contribution in [2.45, 2.75) is 82.3 Å². The molecule has 0 bridgehead atoms. The Labute approximate surface area is 166 Å². The molecule has 2 aliphatic carbocycles. The maximum Gasteiger partial charge on any atom is 0.342 e. The molecular formula is C20H24O9. The molecular weight excluding hydrogens is 384 g/mol. The number of hydrogen-bond acceptors (Lipinski definition) is 9. The maximum absolute atomic E-state index is 13.4. The van der Waals surface area contributed by atoms with Crippen molar-refractivity contribution in [3.05, 3.63) is 0 Å². The molecule has 0 aromatic heterocycles. The summed E-state index contributed by atoms with van der Waals surface area (Å²) in [5, 5.41) is 23.6. The summed E-state index contributed by atoms with van der Waals surface area (Å²) < 4.78 is 29.5. The van der Waals surface area contributed by atoms with Gasteiger partial charge in [-0.3, -0.25) is 4.79 Å². The fourth-order valence-corrected chi connectivity index (χ4v) is 8.46. The Bertz CT molecular complexity index is 897. The van der Waals surface area contributed by atoms with Gasteiger partial charge in [-0.15, -0.1) is 0 Å². The maximum atomic E-state index is 13.4. The van der Waals surface area contributed by atoms with E-state index in [0.717, 1.165) is 0 Å². The first kappa shape index (κ1) is 17.4. The van der Waals surface area contributed by atoms with Crippen molar-refractivity contribution in [2.75, 3.05) is 0 Å². The predicted octanol–water partition coefficient (Wildman–Crippen LogP) is -0.532. The second-order valence-electron chi connectivity index (χ2n) is 10.9. The lowest BCUT2D eigenvalue weighted by atomic mass is 9.51. The first-order valence-corrected chi connectivity index (χ1v) is 10.3. The van der Waals surface area contributed by atoms with Gasteiger partial charge in [-0.25, -0.2) is 4.79 Å². The molecule has 5 saturated heterocycles. The number of rotatable bonds is 0.